The molecule has 28 heavy (non-hydrogen) atoms. The third-order valence-corrected chi connectivity index (χ3v) is 4.83. The van der Waals surface area contributed by atoms with E-state index in [1.54, 1.807) is 0 Å². The van der Waals surface area contributed by atoms with Crippen molar-refractivity contribution in [3.8, 4) is 0 Å². The zero-order chi connectivity index (χ0) is 19.8. The fourth-order valence-electron chi connectivity index (χ4n) is 3.33. The van der Waals surface area contributed by atoms with Crippen molar-refractivity contribution in [1.82, 2.24) is 20.3 Å². The lowest BCUT2D eigenvalue weighted by Crippen LogP contribution is -2.30. The van der Waals surface area contributed by atoms with Crippen LogP contribution in [0.15, 0.2) is 24.3 Å². The van der Waals surface area contributed by atoms with Gasteiger partial charge >= 0.3 is 0 Å². The zero-order valence-corrected chi connectivity index (χ0v) is 16.6. The highest BCUT2D eigenvalue weighted by Gasteiger charge is 2.23. The number of carbonyl (C=O) groups excluding carboxylic acids is 1. The molecule has 2 heterocycles. The Labute approximate surface area is 165 Å². The molecule has 1 aliphatic heterocycles. The number of carbonyl (C=O) groups is 1. The summed E-state index contributed by atoms with van der Waals surface area (Å²) in [6.07, 6.45) is 1.99. The van der Waals surface area contributed by atoms with Gasteiger partial charge in [-0.15, -0.1) is 5.10 Å². The minimum absolute atomic E-state index is 0.243. The lowest BCUT2D eigenvalue weighted by molar-refractivity contribution is 0.0453. The van der Waals surface area contributed by atoms with Crippen molar-refractivity contribution in [3.05, 3.63) is 41.2 Å². The highest BCUT2D eigenvalue weighted by molar-refractivity contribution is 6.03. The number of benzene rings is 1. The average molecular weight is 387 g/mol. The van der Waals surface area contributed by atoms with Gasteiger partial charge < -0.3 is 20.1 Å². The Balaban J connectivity index is 1.58. The van der Waals surface area contributed by atoms with E-state index >= 15 is 0 Å². The number of hydrogen-bond donors (Lipinski definition) is 2. The molecule has 1 fully saturated rings. The maximum Gasteiger partial charge on any atom is 0.278 e. The molecule has 1 amide bonds. The van der Waals surface area contributed by atoms with Gasteiger partial charge in [0.2, 0.25) is 0 Å². The molecule has 0 aliphatic carbocycles. The van der Waals surface area contributed by atoms with Crippen LogP contribution >= 0.6 is 0 Å². The van der Waals surface area contributed by atoms with E-state index in [0.717, 1.165) is 37.2 Å². The van der Waals surface area contributed by atoms with Crippen LogP contribution in [-0.4, -0.2) is 53.8 Å². The van der Waals surface area contributed by atoms with E-state index in [1.165, 1.54) is 0 Å². The lowest BCUT2D eigenvalue weighted by atomic mass is 10.1. The van der Waals surface area contributed by atoms with Gasteiger partial charge in [-0.2, -0.15) is 0 Å². The molecule has 1 aliphatic rings. The monoisotopic (exact) mass is 387 g/mol. The van der Waals surface area contributed by atoms with Crippen LogP contribution in [0.3, 0.4) is 0 Å². The van der Waals surface area contributed by atoms with E-state index in [9.17, 15) is 4.79 Å². The second-order valence-corrected chi connectivity index (χ2v) is 6.85. The molecule has 2 aromatic rings. The summed E-state index contributed by atoms with van der Waals surface area (Å²) in [6, 6.07) is 7.93. The fourth-order valence-corrected chi connectivity index (χ4v) is 3.33. The van der Waals surface area contributed by atoms with Crippen molar-refractivity contribution in [3.63, 3.8) is 0 Å². The van der Waals surface area contributed by atoms with Crippen LogP contribution in [0.2, 0.25) is 0 Å². The third kappa shape index (κ3) is 5.37. The molecule has 0 spiro atoms. The number of aromatic nitrogens is 3. The number of nitrogens with zero attached hydrogens (tertiary/aromatic N) is 3. The van der Waals surface area contributed by atoms with E-state index in [4.69, 9.17) is 9.47 Å². The van der Waals surface area contributed by atoms with Crippen LogP contribution in [0, 0.1) is 6.92 Å². The Bertz CT molecular complexity index is 771. The Kier molecular flexibility index (Phi) is 7.53. The van der Waals surface area contributed by atoms with Gasteiger partial charge in [0.15, 0.2) is 5.69 Å². The first-order valence-corrected chi connectivity index (χ1v) is 9.87. The van der Waals surface area contributed by atoms with Crippen LogP contribution < -0.4 is 10.6 Å². The van der Waals surface area contributed by atoms with E-state index < -0.39 is 0 Å². The van der Waals surface area contributed by atoms with Gasteiger partial charge in [-0.25, -0.2) is 4.68 Å². The molecular formula is C20H29N5O3. The molecule has 0 radical (unpaired) electrons. The van der Waals surface area contributed by atoms with Crippen LogP contribution in [0.5, 0.6) is 0 Å². The maximum absolute atomic E-state index is 12.7. The highest BCUT2D eigenvalue weighted by atomic mass is 16.5. The van der Waals surface area contributed by atoms with Gasteiger partial charge in [0.1, 0.15) is 0 Å². The van der Waals surface area contributed by atoms with Crippen molar-refractivity contribution >= 4 is 11.6 Å². The molecule has 0 unspecified atom stereocenters. The molecule has 152 valence electrons. The van der Waals surface area contributed by atoms with Crippen molar-refractivity contribution in [2.45, 2.75) is 39.3 Å². The average Bonchev–Trinajstić information content (AvgIpc) is 3.10. The summed E-state index contributed by atoms with van der Waals surface area (Å²) < 4.78 is 12.7. The standard InChI is InChI=1S/C20H29N5O3/c1-3-27-11-12-28-14-16-5-4-6-17(13-16)22-20(26)19-15(2)25(24-23-19)18-7-9-21-10-8-18/h4-6,13,18,21H,3,7-12,14H2,1-2H3,(H,22,26). The second kappa shape index (κ2) is 10.3. The van der Waals surface area contributed by atoms with Crippen molar-refractivity contribution in [2.75, 3.05) is 38.2 Å². The summed E-state index contributed by atoms with van der Waals surface area (Å²) in [5, 5.41) is 14.6. The quantitative estimate of drug-likeness (QED) is 0.642. The second-order valence-electron chi connectivity index (χ2n) is 6.85. The number of nitrogens with one attached hydrogen (secondary N) is 2. The van der Waals surface area contributed by atoms with E-state index in [0.29, 0.717) is 43.9 Å². The van der Waals surface area contributed by atoms with Crippen molar-refractivity contribution in [2.24, 2.45) is 0 Å². The van der Waals surface area contributed by atoms with Gasteiger partial charge in [-0.05, 0) is 57.5 Å². The summed E-state index contributed by atoms with van der Waals surface area (Å²) >= 11 is 0. The molecule has 3 rings (SSSR count). The van der Waals surface area contributed by atoms with Gasteiger partial charge in [-0.3, -0.25) is 4.79 Å². The summed E-state index contributed by atoms with van der Waals surface area (Å²) in [4.78, 5) is 12.7. The molecule has 1 aromatic carbocycles. The molecule has 0 atom stereocenters. The Morgan fingerprint density at radius 1 is 1.29 bits per heavy atom. The topological polar surface area (TPSA) is 90.3 Å². The van der Waals surface area contributed by atoms with Crippen molar-refractivity contribution in [1.29, 1.82) is 0 Å². The minimum Gasteiger partial charge on any atom is -0.379 e. The molecule has 1 saturated heterocycles. The van der Waals surface area contributed by atoms with Gasteiger partial charge in [-0.1, -0.05) is 17.3 Å². The van der Waals surface area contributed by atoms with Gasteiger partial charge in [0.05, 0.1) is 31.6 Å². The number of rotatable bonds is 9. The summed E-state index contributed by atoms with van der Waals surface area (Å²) in [5.41, 5.74) is 2.88. The molecule has 0 bridgehead atoms. The zero-order valence-electron chi connectivity index (χ0n) is 16.6. The molecule has 8 nitrogen and oxygen atoms in total. The number of hydrogen-bond acceptors (Lipinski definition) is 6. The van der Waals surface area contributed by atoms with Crippen LogP contribution in [0.4, 0.5) is 5.69 Å². The molecular weight excluding hydrogens is 358 g/mol. The van der Waals surface area contributed by atoms with Gasteiger partial charge in [0.25, 0.3) is 5.91 Å². The highest BCUT2D eigenvalue weighted by Crippen LogP contribution is 2.21. The first-order valence-electron chi connectivity index (χ1n) is 9.87. The Morgan fingerprint density at radius 2 is 2.07 bits per heavy atom. The minimum atomic E-state index is -0.243. The number of piperidine rings is 1. The molecule has 8 heteroatoms. The molecule has 1 aromatic heterocycles. The molecule has 0 saturated carbocycles. The van der Waals surface area contributed by atoms with Crippen LogP contribution in [0.1, 0.15) is 47.6 Å². The first kappa shape index (κ1) is 20.4. The summed E-state index contributed by atoms with van der Waals surface area (Å²) in [6.45, 7) is 8.07. The smallest absolute Gasteiger partial charge is 0.278 e. The largest absolute Gasteiger partial charge is 0.379 e. The normalized spacial score (nSPS) is 14.9. The third-order valence-electron chi connectivity index (χ3n) is 4.83. The SMILES string of the molecule is CCOCCOCc1cccc(NC(=O)c2nnn(C3CCNCC3)c2C)c1. The molecule has 2 N–H and O–H groups in total. The lowest BCUT2D eigenvalue weighted by Gasteiger charge is -2.23. The predicted octanol–water partition coefficient (Wildman–Crippen LogP) is 2.32. The fraction of sp³-hybridized carbons (Fsp3) is 0.550. The van der Waals surface area contributed by atoms with E-state index in [2.05, 4.69) is 20.9 Å². The maximum atomic E-state index is 12.7. The number of anilines is 1. The Hall–Kier alpha value is -2.29. The summed E-state index contributed by atoms with van der Waals surface area (Å²) in [7, 11) is 0. The predicted molar refractivity (Wildman–Crippen MR) is 106 cm³/mol. The Morgan fingerprint density at radius 3 is 2.86 bits per heavy atom. The van der Waals surface area contributed by atoms with Crippen LogP contribution in [0.25, 0.3) is 0 Å². The van der Waals surface area contributed by atoms with Gasteiger partial charge in [0, 0.05) is 12.3 Å². The number of amides is 1. The van der Waals surface area contributed by atoms with E-state index in [-0.39, 0.29) is 5.91 Å². The van der Waals surface area contributed by atoms with Crippen molar-refractivity contribution < 1.29 is 14.3 Å². The van der Waals surface area contributed by atoms with Crippen LogP contribution in [-0.2, 0) is 16.1 Å². The number of ether oxygens (including phenoxy) is 2. The first-order chi connectivity index (χ1) is 13.7. The van der Waals surface area contributed by atoms with E-state index in [1.807, 2.05) is 42.8 Å². The summed E-state index contributed by atoms with van der Waals surface area (Å²) in [5.74, 6) is -0.243.